The molecule has 0 aliphatic heterocycles. The molecule has 0 amide bonds. The Morgan fingerprint density at radius 3 is 2.67 bits per heavy atom. The van der Waals surface area contributed by atoms with Crippen LogP contribution in [-0.2, 0) is 32.5 Å². The molecule has 0 saturated carbocycles. The van der Waals surface area contributed by atoms with Gasteiger partial charge in [0.05, 0.1) is 30.5 Å². The molecule has 0 aliphatic carbocycles. The van der Waals surface area contributed by atoms with E-state index in [1.54, 1.807) is 36.9 Å². The largest absolute Gasteiger partial charge is 0.466 e. The summed E-state index contributed by atoms with van der Waals surface area (Å²) in [5.74, 6) is -1.10. The van der Waals surface area contributed by atoms with Crippen LogP contribution in [-0.4, -0.2) is 41.2 Å². The summed E-state index contributed by atoms with van der Waals surface area (Å²) in [5.41, 5.74) is 1.98. The van der Waals surface area contributed by atoms with Crippen LogP contribution in [0.15, 0.2) is 18.2 Å². The van der Waals surface area contributed by atoms with E-state index in [4.69, 9.17) is 9.47 Å². The standard InChI is InChI=1S/C17H20N2O5/c1-4-24-16(21)10-12(20)6-8-14-13-7-5-11(17(22)23-3)9-15(13)19(2)18-14/h5,7,9H,4,6,8,10H2,1-3H3. The first-order chi connectivity index (χ1) is 11.5. The van der Waals surface area contributed by atoms with Crippen molar-refractivity contribution >= 4 is 28.6 Å². The van der Waals surface area contributed by atoms with Crippen molar-refractivity contribution in [2.45, 2.75) is 26.2 Å². The van der Waals surface area contributed by atoms with E-state index < -0.39 is 11.9 Å². The molecule has 24 heavy (non-hydrogen) atoms. The number of aromatic nitrogens is 2. The van der Waals surface area contributed by atoms with Gasteiger partial charge in [-0.25, -0.2) is 4.79 Å². The first-order valence-corrected chi connectivity index (χ1v) is 7.67. The number of Topliss-reactive ketones (excluding diaryl/α,β-unsaturated/α-hetero) is 1. The Labute approximate surface area is 139 Å². The zero-order valence-corrected chi connectivity index (χ0v) is 14.0. The molecular weight excluding hydrogens is 312 g/mol. The van der Waals surface area contributed by atoms with Gasteiger partial charge in [0.15, 0.2) is 0 Å². The number of carbonyl (C=O) groups is 3. The van der Waals surface area contributed by atoms with Gasteiger partial charge in [-0.05, 0) is 25.5 Å². The predicted octanol–water partition coefficient (Wildman–Crippen LogP) is 1.81. The molecule has 7 heteroatoms. The molecule has 0 bridgehead atoms. The lowest BCUT2D eigenvalue weighted by Gasteiger charge is -2.01. The van der Waals surface area contributed by atoms with Crippen LogP contribution >= 0.6 is 0 Å². The third-order valence-corrected chi connectivity index (χ3v) is 3.64. The van der Waals surface area contributed by atoms with E-state index in [1.165, 1.54) is 7.11 Å². The molecule has 0 saturated heterocycles. The fourth-order valence-corrected chi connectivity index (χ4v) is 2.48. The molecular formula is C17H20N2O5. The quantitative estimate of drug-likeness (QED) is 0.568. The topological polar surface area (TPSA) is 87.5 Å². The number of nitrogens with zero attached hydrogens (tertiary/aromatic N) is 2. The van der Waals surface area contributed by atoms with E-state index >= 15 is 0 Å². The Morgan fingerprint density at radius 2 is 2.00 bits per heavy atom. The summed E-state index contributed by atoms with van der Waals surface area (Å²) < 4.78 is 11.1. The molecule has 0 spiro atoms. The van der Waals surface area contributed by atoms with Gasteiger partial charge in [0.2, 0.25) is 0 Å². The van der Waals surface area contributed by atoms with E-state index in [2.05, 4.69) is 5.10 Å². The zero-order chi connectivity index (χ0) is 17.7. The lowest BCUT2D eigenvalue weighted by atomic mass is 10.1. The summed E-state index contributed by atoms with van der Waals surface area (Å²) in [7, 11) is 3.10. The van der Waals surface area contributed by atoms with Crippen molar-refractivity contribution in [2.75, 3.05) is 13.7 Å². The third kappa shape index (κ3) is 3.98. The van der Waals surface area contributed by atoms with Crippen molar-refractivity contribution in [3.63, 3.8) is 0 Å². The summed E-state index contributed by atoms with van der Waals surface area (Å²) in [6.45, 7) is 1.96. The highest BCUT2D eigenvalue weighted by Gasteiger charge is 2.15. The highest BCUT2D eigenvalue weighted by Crippen LogP contribution is 2.21. The third-order valence-electron chi connectivity index (χ3n) is 3.64. The molecule has 0 radical (unpaired) electrons. The highest BCUT2D eigenvalue weighted by molar-refractivity contribution is 5.96. The van der Waals surface area contributed by atoms with Crippen molar-refractivity contribution in [3.8, 4) is 0 Å². The zero-order valence-electron chi connectivity index (χ0n) is 14.0. The van der Waals surface area contributed by atoms with Crippen LogP contribution in [0, 0.1) is 0 Å². The van der Waals surface area contributed by atoms with Crippen LogP contribution in [0.1, 0.15) is 35.8 Å². The van der Waals surface area contributed by atoms with Gasteiger partial charge in [-0.3, -0.25) is 14.3 Å². The van der Waals surface area contributed by atoms with Crippen molar-refractivity contribution in [3.05, 3.63) is 29.5 Å². The number of hydrogen-bond acceptors (Lipinski definition) is 6. The minimum Gasteiger partial charge on any atom is -0.466 e. The van der Waals surface area contributed by atoms with Gasteiger partial charge in [0.25, 0.3) is 0 Å². The number of carbonyl (C=O) groups excluding carboxylic acids is 3. The van der Waals surface area contributed by atoms with Gasteiger partial charge < -0.3 is 9.47 Å². The maximum absolute atomic E-state index is 11.8. The number of hydrogen-bond donors (Lipinski definition) is 0. The molecule has 0 fully saturated rings. The van der Waals surface area contributed by atoms with Gasteiger partial charge in [0.1, 0.15) is 12.2 Å². The molecule has 0 N–H and O–H groups in total. The van der Waals surface area contributed by atoms with E-state index in [-0.39, 0.29) is 25.2 Å². The van der Waals surface area contributed by atoms with Crippen molar-refractivity contribution in [1.82, 2.24) is 9.78 Å². The molecule has 0 aliphatic rings. The monoisotopic (exact) mass is 332 g/mol. The maximum Gasteiger partial charge on any atom is 0.337 e. The maximum atomic E-state index is 11.8. The molecule has 1 aromatic heterocycles. The number of ketones is 1. The van der Waals surface area contributed by atoms with Crippen LogP contribution in [0.25, 0.3) is 10.9 Å². The Balaban J connectivity index is 2.11. The number of rotatable bonds is 7. The van der Waals surface area contributed by atoms with Crippen LogP contribution in [0.3, 0.4) is 0 Å². The fourth-order valence-electron chi connectivity index (χ4n) is 2.48. The smallest absolute Gasteiger partial charge is 0.337 e. The Hall–Kier alpha value is -2.70. The Kier molecular flexibility index (Phi) is 5.68. The number of esters is 2. The second-order valence-corrected chi connectivity index (χ2v) is 5.31. The summed E-state index contributed by atoms with van der Waals surface area (Å²) in [6, 6.07) is 5.16. The average molecular weight is 332 g/mol. The number of methoxy groups -OCH3 is 1. The van der Waals surface area contributed by atoms with E-state index in [1.807, 2.05) is 0 Å². The summed E-state index contributed by atoms with van der Waals surface area (Å²) in [4.78, 5) is 34.7. The summed E-state index contributed by atoms with van der Waals surface area (Å²) in [5, 5.41) is 5.27. The van der Waals surface area contributed by atoms with Crippen molar-refractivity contribution < 1.29 is 23.9 Å². The van der Waals surface area contributed by atoms with Gasteiger partial charge >= 0.3 is 11.9 Å². The lowest BCUT2D eigenvalue weighted by molar-refractivity contribution is -0.145. The van der Waals surface area contributed by atoms with Gasteiger partial charge in [0, 0.05) is 18.9 Å². The second-order valence-electron chi connectivity index (χ2n) is 5.31. The molecule has 0 unspecified atom stereocenters. The second kappa shape index (κ2) is 7.72. The number of aryl methyl sites for hydroxylation is 2. The number of benzene rings is 1. The van der Waals surface area contributed by atoms with E-state index in [0.29, 0.717) is 12.0 Å². The minimum atomic E-state index is -0.504. The molecule has 128 valence electrons. The molecule has 2 rings (SSSR count). The molecule has 7 nitrogen and oxygen atoms in total. The molecule has 1 heterocycles. The van der Waals surface area contributed by atoms with Gasteiger partial charge in [-0.1, -0.05) is 6.07 Å². The first kappa shape index (κ1) is 17.7. The van der Waals surface area contributed by atoms with E-state index in [0.717, 1.165) is 16.6 Å². The summed E-state index contributed by atoms with van der Waals surface area (Å²) in [6.07, 6.45) is 0.419. The van der Waals surface area contributed by atoms with Gasteiger partial charge in [-0.15, -0.1) is 0 Å². The SMILES string of the molecule is CCOC(=O)CC(=O)CCc1nn(C)c2cc(C(=O)OC)ccc12. The highest BCUT2D eigenvalue weighted by atomic mass is 16.5. The van der Waals surface area contributed by atoms with Crippen molar-refractivity contribution in [2.24, 2.45) is 7.05 Å². The predicted molar refractivity (Wildman–Crippen MR) is 86.6 cm³/mol. The Morgan fingerprint density at radius 1 is 1.25 bits per heavy atom. The van der Waals surface area contributed by atoms with E-state index in [9.17, 15) is 14.4 Å². The minimum absolute atomic E-state index is 0.182. The average Bonchev–Trinajstić information content (AvgIpc) is 2.88. The van der Waals surface area contributed by atoms with Crippen LogP contribution < -0.4 is 0 Å². The molecule has 0 atom stereocenters. The van der Waals surface area contributed by atoms with Gasteiger partial charge in [-0.2, -0.15) is 5.10 Å². The number of ether oxygens (including phenoxy) is 2. The fraction of sp³-hybridized carbons (Fsp3) is 0.412. The lowest BCUT2D eigenvalue weighted by Crippen LogP contribution is -2.11. The summed E-state index contributed by atoms with van der Waals surface area (Å²) >= 11 is 0. The van der Waals surface area contributed by atoms with Crippen LogP contribution in [0.5, 0.6) is 0 Å². The molecule has 1 aromatic carbocycles. The Bertz CT molecular complexity index is 779. The number of fused-ring (bicyclic) bond motifs is 1. The first-order valence-electron chi connectivity index (χ1n) is 7.67. The normalized spacial score (nSPS) is 10.6. The van der Waals surface area contributed by atoms with Crippen LogP contribution in [0.4, 0.5) is 0 Å². The molecule has 2 aromatic rings. The van der Waals surface area contributed by atoms with Crippen LogP contribution in [0.2, 0.25) is 0 Å². The van der Waals surface area contributed by atoms with Crippen molar-refractivity contribution in [1.29, 1.82) is 0 Å².